The average molecular weight is 313 g/mol. The van der Waals surface area contributed by atoms with Crippen molar-refractivity contribution in [3.05, 3.63) is 29.8 Å². The number of carboxylic acid groups (broad SMARTS) is 1. The Morgan fingerprint density at radius 1 is 1.19 bits per heavy atom. The number of sulfonamides is 1. The van der Waals surface area contributed by atoms with E-state index in [0.29, 0.717) is 0 Å². The SMILES string of the molecule is O=C(O)c1ccc(S(=O)(=O)N(CCO)C2CCCC2)cc1. The standard InChI is InChI=1S/C14H19NO5S/c16-10-9-15(12-3-1-2-4-12)21(19,20)13-7-5-11(6-8-13)14(17)18/h5-8,12,16H,1-4,9-10H2,(H,17,18). The first-order valence-electron chi connectivity index (χ1n) is 6.93. The van der Waals surface area contributed by atoms with Gasteiger partial charge >= 0.3 is 5.97 Å². The van der Waals surface area contributed by atoms with E-state index < -0.39 is 16.0 Å². The summed E-state index contributed by atoms with van der Waals surface area (Å²) in [5, 5.41) is 18.0. The van der Waals surface area contributed by atoms with E-state index in [1.807, 2.05) is 0 Å². The largest absolute Gasteiger partial charge is 0.478 e. The van der Waals surface area contributed by atoms with E-state index in [0.717, 1.165) is 25.7 Å². The molecule has 0 heterocycles. The number of benzene rings is 1. The number of aliphatic hydroxyl groups excluding tert-OH is 1. The lowest BCUT2D eigenvalue weighted by Gasteiger charge is -2.27. The van der Waals surface area contributed by atoms with E-state index in [1.165, 1.54) is 28.6 Å². The molecule has 116 valence electrons. The zero-order valence-electron chi connectivity index (χ0n) is 11.6. The zero-order valence-corrected chi connectivity index (χ0v) is 12.4. The predicted octanol–water partition coefficient (Wildman–Crippen LogP) is 1.31. The maximum Gasteiger partial charge on any atom is 0.335 e. The third-order valence-electron chi connectivity index (χ3n) is 3.76. The Balaban J connectivity index is 2.30. The minimum absolute atomic E-state index is 0.0449. The van der Waals surface area contributed by atoms with Crippen LogP contribution >= 0.6 is 0 Å². The molecule has 7 heteroatoms. The van der Waals surface area contributed by atoms with Crippen LogP contribution in [-0.4, -0.2) is 48.1 Å². The van der Waals surface area contributed by atoms with Gasteiger partial charge in [-0.05, 0) is 37.1 Å². The van der Waals surface area contributed by atoms with Crippen LogP contribution in [0, 0.1) is 0 Å². The molecule has 6 nitrogen and oxygen atoms in total. The molecule has 0 atom stereocenters. The second-order valence-corrected chi connectivity index (χ2v) is 7.00. The predicted molar refractivity (Wildman–Crippen MR) is 76.6 cm³/mol. The number of hydrogen-bond acceptors (Lipinski definition) is 4. The maximum atomic E-state index is 12.7. The number of hydrogen-bond donors (Lipinski definition) is 2. The van der Waals surface area contributed by atoms with Crippen LogP contribution in [0.25, 0.3) is 0 Å². The van der Waals surface area contributed by atoms with Crippen molar-refractivity contribution in [1.82, 2.24) is 4.31 Å². The number of carbonyl (C=O) groups is 1. The van der Waals surface area contributed by atoms with Crippen LogP contribution < -0.4 is 0 Å². The number of aliphatic hydroxyl groups is 1. The minimum Gasteiger partial charge on any atom is -0.478 e. The number of rotatable bonds is 6. The highest BCUT2D eigenvalue weighted by atomic mass is 32.2. The monoisotopic (exact) mass is 313 g/mol. The summed E-state index contributed by atoms with van der Waals surface area (Å²) in [5.41, 5.74) is 0.0449. The Morgan fingerprint density at radius 3 is 2.24 bits per heavy atom. The lowest BCUT2D eigenvalue weighted by Crippen LogP contribution is -2.40. The number of carboxylic acids is 1. The fraction of sp³-hybridized carbons (Fsp3) is 0.500. The molecule has 0 spiro atoms. The second kappa shape index (κ2) is 6.55. The van der Waals surface area contributed by atoms with Gasteiger partial charge in [0.25, 0.3) is 0 Å². The molecule has 1 aliphatic rings. The fourth-order valence-electron chi connectivity index (χ4n) is 2.69. The van der Waals surface area contributed by atoms with Gasteiger partial charge in [-0.2, -0.15) is 4.31 Å². The Labute approximate surface area is 124 Å². The van der Waals surface area contributed by atoms with Gasteiger partial charge in [0.05, 0.1) is 17.1 Å². The summed E-state index contributed by atoms with van der Waals surface area (Å²) in [6.45, 7) is -0.170. The molecule has 2 rings (SSSR count). The quantitative estimate of drug-likeness (QED) is 0.825. The first-order valence-corrected chi connectivity index (χ1v) is 8.37. The summed E-state index contributed by atoms with van der Waals surface area (Å²) in [4.78, 5) is 10.9. The van der Waals surface area contributed by atoms with E-state index in [1.54, 1.807) is 0 Å². The summed E-state index contributed by atoms with van der Waals surface area (Å²) in [7, 11) is -3.71. The molecule has 1 fully saturated rings. The van der Waals surface area contributed by atoms with Gasteiger partial charge in [-0.15, -0.1) is 0 Å². The molecule has 1 aromatic carbocycles. The second-order valence-electron chi connectivity index (χ2n) is 5.11. The Bertz CT molecular complexity index is 590. The smallest absolute Gasteiger partial charge is 0.335 e. The first-order chi connectivity index (χ1) is 9.96. The Hall–Kier alpha value is -1.44. The molecule has 0 unspecified atom stereocenters. The van der Waals surface area contributed by atoms with Crippen molar-refractivity contribution in [2.45, 2.75) is 36.6 Å². The molecular weight excluding hydrogens is 294 g/mol. The van der Waals surface area contributed by atoms with Gasteiger partial charge in [0.15, 0.2) is 0 Å². The van der Waals surface area contributed by atoms with Gasteiger partial charge in [-0.1, -0.05) is 12.8 Å². The maximum absolute atomic E-state index is 12.7. The Kier molecular flexibility index (Phi) is 4.97. The molecule has 1 saturated carbocycles. The van der Waals surface area contributed by atoms with Crippen LogP contribution in [0.3, 0.4) is 0 Å². The summed E-state index contributed by atoms with van der Waals surface area (Å²) in [5.74, 6) is -1.10. The van der Waals surface area contributed by atoms with Crippen molar-refractivity contribution in [2.75, 3.05) is 13.2 Å². The van der Waals surface area contributed by atoms with Crippen molar-refractivity contribution >= 4 is 16.0 Å². The van der Waals surface area contributed by atoms with Gasteiger partial charge in [0, 0.05) is 12.6 Å². The zero-order chi connectivity index (χ0) is 15.5. The van der Waals surface area contributed by atoms with Gasteiger partial charge in [0.1, 0.15) is 0 Å². The van der Waals surface area contributed by atoms with Crippen LogP contribution in [0.2, 0.25) is 0 Å². The minimum atomic E-state index is -3.71. The molecule has 0 bridgehead atoms. The molecule has 21 heavy (non-hydrogen) atoms. The Morgan fingerprint density at radius 2 is 1.76 bits per heavy atom. The van der Waals surface area contributed by atoms with Crippen LogP contribution in [-0.2, 0) is 10.0 Å². The van der Waals surface area contributed by atoms with E-state index in [-0.39, 0.29) is 29.7 Å². The number of nitrogens with zero attached hydrogens (tertiary/aromatic N) is 1. The van der Waals surface area contributed by atoms with Crippen molar-refractivity contribution in [3.63, 3.8) is 0 Å². The molecule has 0 aliphatic heterocycles. The van der Waals surface area contributed by atoms with Crippen LogP contribution in [0.4, 0.5) is 0 Å². The molecular formula is C14H19NO5S. The highest BCUT2D eigenvalue weighted by Crippen LogP contribution is 2.28. The molecule has 2 N–H and O–H groups in total. The third-order valence-corrected chi connectivity index (χ3v) is 5.73. The fourth-order valence-corrected chi connectivity index (χ4v) is 4.37. The van der Waals surface area contributed by atoms with Crippen molar-refractivity contribution in [3.8, 4) is 0 Å². The average Bonchev–Trinajstić information content (AvgIpc) is 2.98. The first kappa shape index (κ1) is 15.9. The van der Waals surface area contributed by atoms with E-state index in [2.05, 4.69) is 0 Å². The third kappa shape index (κ3) is 3.42. The number of aromatic carboxylic acids is 1. The van der Waals surface area contributed by atoms with Gasteiger partial charge < -0.3 is 10.2 Å². The highest BCUT2D eigenvalue weighted by molar-refractivity contribution is 7.89. The molecule has 0 amide bonds. The highest BCUT2D eigenvalue weighted by Gasteiger charge is 2.32. The summed E-state index contributed by atoms with van der Waals surface area (Å²) < 4.78 is 26.7. The van der Waals surface area contributed by atoms with Crippen molar-refractivity contribution < 1.29 is 23.4 Å². The van der Waals surface area contributed by atoms with Gasteiger partial charge in [-0.3, -0.25) is 0 Å². The van der Waals surface area contributed by atoms with Crippen LogP contribution in [0.5, 0.6) is 0 Å². The molecule has 0 aromatic heterocycles. The molecule has 0 saturated heterocycles. The topological polar surface area (TPSA) is 94.9 Å². The van der Waals surface area contributed by atoms with Gasteiger partial charge in [0.2, 0.25) is 10.0 Å². The molecule has 1 aliphatic carbocycles. The molecule has 0 radical (unpaired) electrons. The van der Waals surface area contributed by atoms with Crippen molar-refractivity contribution in [1.29, 1.82) is 0 Å². The lowest BCUT2D eigenvalue weighted by molar-refractivity contribution is 0.0696. The van der Waals surface area contributed by atoms with E-state index in [4.69, 9.17) is 10.2 Å². The summed E-state index contributed by atoms with van der Waals surface area (Å²) in [6.07, 6.45) is 3.57. The van der Waals surface area contributed by atoms with E-state index >= 15 is 0 Å². The summed E-state index contributed by atoms with van der Waals surface area (Å²) >= 11 is 0. The normalized spacial score (nSPS) is 16.5. The van der Waals surface area contributed by atoms with Crippen molar-refractivity contribution in [2.24, 2.45) is 0 Å². The van der Waals surface area contributed by atoms with Gasteiger partial charge in [-0.25, -0.2) is 13.2 Å². The summed E-state index contributed by atoms with van der Waals surface area (Å²) in [6, 6.07) is 5.08. The molecule has 1 aromatic rings. The van der Waals surface area contributed by atoms with Crippen LogP contribution in [0.1, 0.15) is 36.0 Å². The van der Waals surface area contributed by atoms with E-state index in [9.17, 15) is 13.2 Å². The van der Waals surface area contributed by atoms with Crippen LogP contribution in [0.15, 0.2) is 29.2 Å². The lowest BCUT2D eigenvalue weighted by atomic mass is 10.2.